The van der Waals surface area contributed by atoms with Crippen LogP contribution in [0.4, 0.5) is 13.6 Å². The van der Waals surface area contributed by atoms with Crippen molar-refractivity contribution in [1.29, 1.82) is 0 Å². The number of methoxy groups -OCH3 is 2. The Labute approximate surface area is 370 Å². The summed E-state index contributed by atoms with van der Waals surface area (Å²) in [4.78, 5) is 51.4. The molecule has 5 unspecified atom stereocenters. The number of aryl methyl sites for hydroxylation is 2. The van der Waals surface area contributed by atoms with Gasteiger partial charge in [0.05, 0.1) is 51.5 Å². The molecule has 5 atom stereocenters. The number of nitrogens with zero attached hydrogens (tertiary/aromatic N) is 3. The molecule has 0 spiro atoms. The van der Waals surface area contributed by atoms with Crippen LogP contribution in [0.15, 0.2) is 54.6 Å². The van der Waals surface area contributed by atoms with E-state index in [2.05, 4.69) is 10.2 Å². The number of piperidine rings is 2. The molecule has 6 rings (SSSR count). The maximum atomic E-state index is 15.4. The molecular formula is C45H57ClF2N4O11. The predicted molar refractivity (Wildman–Crippen MR) is 224 cm³/mol. The summed E-state index contributed by atoms with van der Waals surface area (Å²) in [6, 6.07) is 14.6. The fourth-order valence-electron chi connectivity index (χ4n) is 8.82. The van der Waals surface area contributed by atoms with Gasteiger partial charge < -0.3 is 38.8 Å². The van der Waals surface area contributed by atoms with Gasteiger partial charge in [-0.1, -0.05) is 48.0 Å². The highest BCUT2D eigenvalue weighted by Crippen LogP contribution is 2.49. The van der Waals surface area contributed by atoms with Gasteiger partial charge in [0, 0.05) is 44.2 Å². The van der Waals surface area contributed by atoms with Crippen molar-refractivity contribution < 1.29 is 62.1 Å². The molecule has 18 heteroatoms. The molecule has 1 saturated carbocycles. The molecule has 0 radical (unpaired) electrons. The predicted octanol–water partition coefficient (Wildman–Crippen LogP) is 6.62. The highest BCUT2D eigenvalue weighted by atomic mass is 35.5. The van der Waals surface area contributed by atoms with Crippen molar-refractivity contribution in [3.63, 3.8) is 0 Å². The third kappa shape index (κ3) is 12.6. The quantitative estimate of drug-likeness (QED) is 0.0561. The van der Waals surface area contributed by atoms with Crippen molar-refractivity contribution in [1.82, 2.24) is 20.5 Å². The average Bonchev–Trinajstić information content (AvgIpc) is 4.11. The summed E-state index contributed by atoms with van der Waals surface area (Å²) in [5.74, 6) is -2.88. The molecule has 3 N–H and O–H groups in total. The van der Waals surface area contributed by atoms with Crippen LogP contribution < -0.4 is 14.8 Å². The number of halogens is 3. The van der Waals surface area contributed by atoms with E-state index < -0.39 is 52.1 Å². The second-order valence-electron chi connectivity index (χ2n) is 16.1. The van der Waals surface area contributed by atoms with Gasteiger partial charge in [-0.05, 0) is 98.2 Å². The minimum Gasteiger partial charge on any atom is -0.496 e. The Morgan fingerprint density at radius 3 is 2.32 bits per heavy atom. The fraction of sp³-hybridized carbons (Fsp3) is 0.533. The highest BCUT2D eigenvalue weighted by molar-refractivity contribution is 6.32. The topological polar surface area (TPSA) is 169 Å². The number of hydrogen-bond acceptors (Lipinski definition) is 12. The number of nitrogens with one attached hydrogen (secondary N) is 1. The average molecular weight is 903 g/mol. The van der Waals surface area contributed by atoms with E-state index in [1.807, 2.05) is 54.3 Å². The summed E-state index contributed by atoms with van der Waals surface area (Å²) in [5, 5.41) is 19.6. The van der Waals surface area contributed by atoms with E-state index in [0.717, 1.165) is 53.0 Å². The van der Waals surface area contributed by atoms with Gasteiger partial charge in [-0.2, -0.15) is 0 Å². The molecule has 3 amide bonds. The number of rotatable bonds is 22. The van der Waals surface area contributed by atoms with Gasteiger partial charge in [0.1, 0.15) is 23.2 Å². The minimum absolute atomic E-state index is 0.00328. The largest absolute Gasteiger partial charge is 0.496 e. The molecule has 0 aromatic heterocycles. The van der Waals surface area contributed by atoms with Crippen LogP contribution in [0.3, 0.4) is 0 Å². The summed E-state index contributed by atoms with van der Waals surface area (Å²) >= 11 is 5.93. The normalized spacial score (nSPS) is 20.7. The summed E-state index contributed by atoms with van der Waals surface area (Å²) in [6.07, 6.45) is 3.13. The van der Waals surface area contributed by atoms with Crippen LogP contribution in [-0.2, 0) is 41.6 Å². The van der Waals surface area contributed by atoms with Crippen LogP contribution in [0.25, 0.3) is 0 Å². The van der Waals surface area contributed by atoms with E-state index in [4.69, 9.17) is 45.7 Å². The first-order chi connectivity index (χ1) is 30.4. The number of amides is 3. The van der Waals surface area contributed by atoms with Gasteiger partial charge in [0.15, 0.2) is 11.6 Å². The van der Waals surface area contributed by atoms with Gasteiger partial charge in [0.25, 0.3) is 0 Å². The molecule has 2 saturated heterocycles. The Morgan fingerprint density at radius 2 is 1.62 bits per heavy atom. The second kappa shape index (κ2) is 22.8. The molecule has 344 valence electrons. The van der Waals surface area contributed by atoms with E-state index in [9.17, 15) is 18.4 Å². The van der Waals surface area contributed by atoms with Crippen molar-refractivity contribution in [2.45, 2.75) is 82.5 Å². The first-order valence-corrected chi connectivity index (χ1v) is 21.7. The lowest BCUT2D eigenvalue weighted by Crippen LogP contribution is -2.64. The smallest absolute Gasteiger partial charge is 0.410 e. The summed E-state index contributed by atoms with van der Waals surface area (Å²) in [7, 11) is 3.17. The van der Waals surface area contributed by atoms with Crippen molar-refractivity contribution in [2.24, 2.45) is 11.8 Å². The van der Waals surface area contributed by atoms with E-state index in [-0.39, 0.29) is 69.0 Å². The molecule has 2 heterocycles. The third-order valence-corrected chi connectivity index (χ3v) is 12.3. The Morgan fingerprint density at radius 1 is 0.889 bits per heavy atom. The lowest BCUT2D eigenvalue weighted by molar-refractivity contribution is -0.493. The van der Waals surface area contributed by atoms with E-state index in [1.54, 1.807) is 19.1 Å². The zero-order valence-corrected chi connectivity index (χ0v) is 36.6. The third-order valence-electron chi connectivity index (χ3n) is 11.9. The van der Waals surface area contributed by atoms with Gasteiger partial charge >= 0.3 is 6.09 Å². The molecule has 3 aromatic rings. The Hall–Kier alpha value is -4.62. The molecule has 1 aliphatic carbocycles. The summed E-state index contributed by atoms with van der Waals surface area (Å²) < 4.78 is 55.5. The minimum atomic E-state index is -0.766. The van der Waals surface area contributed by atoms with E-state index >= 15 is 4.79 Å². The molecule has 2 aliphatic heterocycles. The number of carbonyl (C=O) groups is 3. The van der Waals surface area contributed by atoms with Gasteiger partial charge in [0.2, 0.25) is 11.8 Å². The van der Waals surface area contributed by atoms with E-state index in [0.29, 0.717) is 45.4 Å². The zero-order chi connectivity index (χ0) is 45.0. The molecule has 2 bridgehead atoms. The SMILES string of the molecule is COCCNC(=O)C1CC2CC(c3ccc(CCCOc4c(F)ccc(F)c4Cl)cc3)C(C(=O)N(Cc3ccc(OC)c(C)c3)C3CC3)C(C1)N2C(=O)OCCOCCON(O)O. The van der Waals surface area contributed by atoms with Gasteiger partial charge in [-0.15, -0.1) is 0 Å². The maximum absolute atomic E-state index is 15.4. The highest BCUT2D eigenvalue weighted by Gasteiger charge is 2.55. The Balaban J connectivity index is 1.26. The molecule has 3 aromatic carbocycles. The number of ether oxygens (including phenoxy) is 5. The van der Waals surface area contributed by atoms with Crippen LogP contribution in [-0.4, -0.2) is 122 Å². The number of hydrogen-bond donors (Lipinski definition) is 3. The van der Waals surface area contributed by atoms with Crippen molar-refractivity contribution in [2.75, 3.05) is 60.4 Å². The Bertz CT molecular complexity index is 2010. The van der Waals surface area contributed by atoms with Crippen molar-refractivity contribution in [3.8, 4) is 11.5 Å². The first-order valence-electron chi connectivity index (χ1n) is 21.3. The lowest BCUT2D eigenvalue weighted by atomic mass is 9.65. The van der Waals surface area contributed by atoms with Crippen molar-refractivity contribution >= 4 is 29.5 Å². The van der Waals surface area contributed by atoms with Gasteiger partial charge in [-0.3, -0.25) is 20.0 Å². The van der Waals surface area contributed by atoms with Gasteiger partial charge in [-0.25, -0.2) is 18.4 Å². The summed E-state index contributed by atoms with van der Waals surface area (Å²) in [6.45, 7) is 2.83. The summed E-state index contributed by atoms with van der Waals surface area (Å²) in [5.41, 5.74) is 3.78. The number of fused-ring (bicyclic) bond motifs is 2. The first kappa shape index (κ1) is 47.8. The standard InChI is InChI=1S/C45H57ClF2N4O11/c1-28-23-30(8-15-39(28)59-3)27-50(33-11-12-33)44(54)40-35(31-9-6-29(7-10-31)5-4-17-61-42-37(48)14-13-36(47)41(42)46)26-34-24-32(43(53)49-16-18-58-2)25-38(40)51(34)45(55)62-21-19-60-20-22-63-52(56)57/h6-10,13-15,23,32-35,38,40,56-57H,4-5,11-12,16-22,24-27H2,1-3H3,(H,49,53). The van der Waals surface area contributed by atoms with E-state index in [1.165, 1.54) is 0 Å². The molecule has 63 heavy (non-hydrogen) atoms. The molecular weight excluding hydrogens is 846 g/mol. The second-order valence-corrected chi connectivity index (χ2v) is 16.5. The van der Waals surface area contributed by atoms with Crippen LogP contribution >= 0.6 is 11.6 Å². The Kier molecular flexibility index (Phi) is 17.3. The monoisotopic (exact) mass is 902 g/mol. The number of benzene rings is 3. The molecule has 15 nitrogen and oxygen atoms in total. The van der Waals surface area contributed by atoms with Crippen molar-refractivity contribution in [3.05, 3.63) is 93.5 Å². The molecule has 3 aliphatic rings. The van der Waals surface area contributed by atoms with Crippen LogP contribution in [0.1, 0.15) is 66.7 Å². The number of carbonyl (C=O) groups excluding carboxylic acids is 3. The maximum Gasteiger partial charge on any atom is 0.410 e. The lowest BCUT2D eigenvalue weighted by Gasteiger charge is -2.54. The molecule has 3 fully saturated rings. The van der Waals surface area contributed by atoms with Crippen LogP contribution in [0.5, 0.6) is 11.5 Å². The fourth-order valence-corrected chi connectivity index (χ4v) is 9.02. The van der Waals surface area contributed by atoms with Crippen LogP contribution in [0, 0.1) is 30.4 Å². The zero-order valence-electron chi connectivity index (χ0n) is 35.8. The van der Waals surface area contributed by atoms with Crippen LogP contribution in [0.2, 0.25) is 5.02 Å².